The van der Waals surface area contributed by atoms with Gasteiger partial charge in [-0.15, -0.1) is 0 Å². The number of methoxy groups -OCH3 is 1. The molecule has 0 saturated heterocycles. The number of carbonyl (C=O) groups excluding carboxylic acids is 1. The Kier molecular flexibility index (Phi) is 4.55. The van der Waals surface area contributed by atoms with Crippen LogP contribution < -0.4 is 10.1 Å². The average molecular weight is 465 g/mol. The molecule has 1 aromatic heterocycles. The Labute approximate surface area is 185 Å². The number of benzene rings is 2. The van der Waals surface area contributed by atoms with Gasteiger partial charge in [0.15, 0.2) is 5.78 Å². The fraction of sp³-hybridized carbons (Fsp3) is 0.320. The van der Waals surface area contributed by atoms with Crippen LogP contribution in [0.2, 0.25) is 0 Å². The monoisotopic (exact) mass is 464 g/mol. The van der Waals surface area contributed by atoms with Crippen LogP contribution in [0.5, 0.6) is 5.75 Å². The van der Waals surface area contributed by atoms with Gasteiger partial charge < -0.3 is 14.6 Å². The smallest absolute Gasteiger partial charge is 0.168 e. The van der Waals surface area contributed by atoms with Crippen LogP contribution in [-0.2, 0) is 5.54 Å². The third kappa shape index (κ3) is 2.99. The molecule has 30 heavy (non-hydrogen) atoms. The number of fused-ring (bicyclic) bond motifs is 4. The summed E-state index contributed by atoms with van der Waals surface area (Å²) in [6, 6.07) is 18.2. The molecule has 1 aliphatic carbocycles. The maximum absolute atomic E-state index is 13.4. The van der Waals surface area contributed by atoms with Gasteiger partial charge in [0.25, 0.3) is 0 Å². The summed E-state index contributed by atoms with van der Waals surface area (Å²) >= 11 is 3.59. The van der Waals surface area contributed by atoms with Crippen molar-refractivity contribution in [2.24, 2.45) is 5.41 Å². The molecule has 2 aliphatic rings. The van der Waals surface area contributed by atoms with Crippen molar-refractivity contribution in [3.63, 3.8) is 0 Å². The minimum atomic E-state index is -0.348. The van der Waals surface area contributed by atoms with Crippen molar-refractivity contribution in [2.45, 2.75) is 38.1 Å². The number of rotatable bonds is 3. The number of ether oxygens (including phenoxy) is 1. The number of Topliss-reactive ketones (excluding diaryl/α,β-unsaturated/α-hetero) is 1. The second-order valence-electron chi connectivity index (χ2n) is 8.75. The van der Waals surface area contributed by atoms with Gasteiger partial charge in [0.1, 0.15) is 5.75 Å². The van der Waals surface area contributed by atoms with Gasteiger partial charge in [0, 0.05) is 27.3 Å². The Morgan fingerprint density at radius 2 is 1.80 bits per heavy atom. The quantitative estimate of drug-likeness (QED) is 0.460. The van der Waals surface area contributed by atoms with Gasteiger partial charge in [-0.2, -0.15) is 0 Å². The number of ketones is 1. The van der Waals surface area contributed by atoms with Gasteiger partial charge in [-0.1, -0.05) is 22.9 Å². The Hall–Kier alpha value is -2.53. The van der Waals surface area contributed by atoms with Crippen molar-refractivity contribution in [1.29, 1.82) is 0 Å². The van der Waals surface area contributed by atoms with Gasteiger partial charge in [-0.05, 0) is 80.3 Å². The molecule has 0 bridgehead atoms. The van der Waals surface area contributed by atoms with Gasteiger partial charge in [0.05, 0.1) is 24.0 Å². The van der Waals surface area contributed by atoms with Gasteiger partial charge >= 0.3 is 0 Å². The molecule has 1 aliphatic heterocycles. The van der Waals surface area contributed by atoms with Crippen LogP contribution in [0.1, 0.15) is 48.7 Å². The van der Waals surface area contributed by atoms with E-state index in [9.17, 15) is 4.79 Å². The first-order valence-corrected chi connectivity index (χ1v) is 11.2. The number of aromatic nitrogens is 1. The summed E-state index contributed by atoms with van der Waals surface area (Å²) in [5, 5.41) is 3.84. The maximum atomic E-state index is 13.4. The highest BCUT2D eigenvalue weighted by Crippen LogP contribution is 2.51. The zero-order chi connectivity index (χ0) is 20.9. The summed E-state index contributed by atoms with van der Waals surface area (Å²) in [5.74, 6) is 1.01. The second kappa shape index (κ2) is 7.02. The summed E-state index contributed by atoms with van der Waals surface area (Å²) in [7, 11) is 1.64. The van der Waals surface area contributed by atoms with Crippen molar-refractivity contribution < 1.29 is 9.53 Å². The third-order valence-corrected chi connectivity index (χ3v) is 7.43. The van der Waals surface area contributed by atoms with Gasteiger partial charge in [-0.25, -0.2) is 0 Å². The van der Waals surface area contributed by atoms with Gasteiger partial charge in [-0.3, -0.25) is 4.79 Å². The first-order valence-electron chi connectivity index (χ1n) is 10.4. The zero-order valence-electron chi connectivity index (χ0n) is 17.2. The molecule has 1 fully saturated rings. The van der Waals surface area contributed by atoms with Crippen LogP contribution in [0.4, 0.5) is 5.69 Å². The molecule has 5 rings (SSSR count). The Morgan fingerprint density at radius 3 is 2.50 bits per heavy atom. The minimum Gasteiger partial charge on any atom is -0.497 e. The number of halogens is 1. The first kappa shape index (κ1) is 19.4. The van der Waals surface area contributed by atoms with E-state index in [0.717, 1.165) is 52.8 Å². The molecule has 5 heteroatoms. The molecule has 1 spiro atoms. The summed E-state index contributed by atoms with van der Waals surface area (Å²) in [6.45, 7) is 2.12. The van der Waals surface area contributed by atoms with E-state index in [-0.39, 0.29) is 16.7 Å². The third-order valence-electron chi connectivity index (χ3n) is 6.94. The predicted molar refractivity (Wildman–Crippen MR) is 123 cm³/mol. The van der Waals surface area contributed by atoms with E-state index < -0.39 is 0 Å². The van der Waals surface area contributed by atoms with E-state index in [4.69, 9.17) is 4.74 Å². The van der Waals surface area contributed by atoms with Crippen molar-refractivity contribution >= 4 is 27.4 Å². The number of anilines is 1. The van der Waals surface area contributed by atoms with Crippen LogP contribution >= 0.6 is 15.9 Å². The molecule has 1 saturated carbocycles. The lowest BCUT2D eigenvalue weighted by molar-refractivity contribution is 0.0693. The fourth-order valence-corrected chi connectivity index (χ4v) is 5.39. The van der Waals surface area contributed by atoms with Crippen molar-refractivity contribution in [1.82, 2.24) is 4.57 Å². The molecule has 3 aromatic rings. The van der Waals surface area contributed by atoms with Crippen LogP contribution in [0.25, 0.3) is 5.69 Å². The standard InChI is InChI=1S/C25H25BrN2O2/c1-24(23(29)17-5-8-19(30-2)9-6-17)11-13-25(14-12-24)22-4-3-15-28(22)21-16-18(26)7-10-20(21)27-25/h3-10,15-16,27H,11-14H2,1-2H3. The maximum Gasteiger partial charge on any atom is 0.168 e. The van der Waals surface area contributed by atoms with E-state index in [2.05, 4.69) is 69.3 Å². The second-order valence-corrected chi connectivity index (χ2v) is 9.67. The van der Waals surface area contributed by atoms with E-state index in [1.54, 1.807) is 7.11 Å². The molecule has 2 heterocycles. The molecule has 154 valence electrons. The lowest BCUT2D eigenvalue weighted by Gasteiger charge is -2.48. The Balaban J connectivity index is 1.42. The predicted octanol–water partition coefficient (Wildman–Crippen LogP) is 6.33. The molecular weight excluding hydrogens is 440 g/mol. The van der Waals surface area contributed by atoms with E-state index in [1.807, 2.05) is 24.3 Å². The van der Waals surface area contributed by atoms with Crippen LogP contribution in [-0.4, -0.2) is 17.5 Å². The molecular formula is C25H25BrN2O2. The average Bonchev–Trinajstić information content (AvgIpc) is 3.27. The van der Waals surface area contributed by atoms with Crippen LogP contribution in [0.15, 0.2) is 65.3 Å². The van der Waals surface area contributed by atoms with Crippen LogP contribution in [0, 0.1) is 5.41 Å². The number of carbonyl (C=O) groups is 1. The van der Waals surface area contributed by atoms with Crippen molar-refractivity contribution in [3.8, 4) is 11.4 Å². The summed E-state index contributed by atoms with van der Waals surface area (Å²) in [4.78, 5) is 13.4. The van der Waals surface area contributed by atoms with Crippen molar-refractivity contribution in [2.75, 3.05) is 12.4 Å². The molecule has 1 N–H and O–H groups in total. The van der Waals surface area contributed by atoms with E-state index in [0.29, 0.717) is 0 Å². The molecule has 4 nitrogen and oxygen atoms in total. The van der Waals surface area contributed by atoms with Crippen molar-refractivity contribution in [3.05, 3.63) is 76.5 Å². The highest BCUT2D eigenvalue weighted by molar-refractivity contribution is 9.10. The summed E-state index contributed by atoms with van der Waals surface area (Å²) in [5.41, 5.74) is 3.88. The molecule has 0 atom stereocenters. The first-order chi connectivity index (χ1) is 14.4. The lowest BCUT2D eigenvalue weighted by atomic mass is 9.64. The largest absolute Gasteiger partial charge is 0.497 e. The van der Waals surface area contributed by atoms with E-state index in [1.165, 1.54) is 5.69 Å². The Morgan fingerprint density at radius 1 is 1.07 bits per heavy atom. The topological polar surface area (TPSA) is 43.3 Å². The summed E-state index contributed by atoms with van der Waals surface area (Å²) < 4.78 is 8.60. The zero-order valence-corrected chi connectivity index (χ0v) is 18.8. The normalized spacial score (nSPS) is 24.6. The molecule has 2 aromatic carbocycles. The fourth-order valence-electron chi connectivity index (χ4n) is 5.04. The van der Waals surface area contributed by atoms with Crippen LogP contribution in [0.3, 0.4) is 0 Å². The van der Waals surface area contributed by atoms with E-state index >= 15 is 0 Å². The SMILES string of the molecule is COc1ccc(C(=O)C2(C)CCC3(CC2)Nc2ccc(Br)cc2-n2cccc23)cc1. The number of nitrogens with one attached hydrogen (secondary N) is 1. The summed E-state index contributed by atoms with van der Waals surface area (Å²) in [6.07, 6.45) is 5.68. The molecule has 0 amide bonds. The minimum absolute atomic E-state index is 0.135. The number of hydrogen-bond donors (Lipinski definition) is 1. The highest BCUT2D eigenvalue weighted by Gasteiger charge is 2.47. The Bertz CT molecular complexity index is 1110. The van der Waals surface area contributed by atoms with Gasteiger partial charge in [0.2, 0.25) is 0 Å². The molecule has 0 unspecified atom stereocenters. The molecule has 0 radical (unpaired) electrons. The highest BCUT2D eigenvalue weighted by atomic mass is 79.9. The lowest BCUT2D eigenvalue weighted by Crippen LogP contribution is -2.47. The number of hydrogen-bond acceptors (Lipinski definition) is 3. The number of nitrogens with zero attached hydrogens (tertiary/aromatic N) is 1.